The maximum atomic E-state index is 12.4. The van der Waals surface area contributed by atoms with E-state index in [1.807, 2.05) is 44.3 Å². The van der Waals surface area contributed by atoms with Gasteiger partial charge in [0.2, 0.25) is 0 Å². The smallest absolute Gasteiger partial charge is 0.137 e. The Bertz CT molecular complexity index is 573. The summed E-state index contributed by atoms with van der Waals surface area (Å²) in [6, 6.07) is 8.41. The number of fused-ring (bicyclic) bond motifs is 1. The monoisotopic (exact) mass is 293 g/mol. The van der Waals surface area contributed by atoms with Crippen LogP contribution >= 0.6 is 0 Å². The molecular formula is C16H23NO2S. The van der Waals surface area contributed by atoms with Gasteiger partial charge in [-0.1, -0.05) is 6.07 Å². The highest BCUT2D eigenvalue weighted by atomic mass is 32.2. The molecule has 0 amide bonds. The van der Waals surface area contributed by atoms with E-state index < -0.39 is 11.4 Å². The molecule has 0 aliphatic rings. The van der Waals surface area contributed by atoms with Gasteiger partial charge in [-0.15, -0.1) is 4.31 Å². The molecule has 2 aromatic rings. The molecule has 0 saturated heterocycles. The van der Waals surface area contributed by atoms with Crippen LogP contribution in [0.15, 0.2) is 34.9 Å². The van der Waals surface area contributed by atoms with Crippen molar-refractivity contribution in [3.05, 3.63) is 36.1 Å². The van der Waals surface area contributed by atoms with Crippen LogP contribution in [-0.4, -0.2) is 26.7 Å². The van der Waals surface area contributed by atoms with Crippen molar-refractivity contribution in [2.45, 2.75) is 44.9 Å². The van der Waals surface area contributed by atoms with Crippen LogP contribution in [0.25, 0.3) is 11.0 Å². The highest BCUT2D eigenvalue weighted by Gasteiger charge is 2.33. The second kappa shape index (κ2) is 5.80. The van der Waals surface area contributed by atoms with Crippen molar-refractivity contribution in [2.24, 2.45) is 0 Å². The number of nitrogens with zero attached hydrogens (tertiary/aromatic N) is 1. The lowest BCUT2D eigenvalue weighted by Crippen LogP contribution is -2.45. The number of benzene rings is 1. The second-order valence-corrected chi connectivity index (χ2v) is 8.55. The van der Waals surface area contributed by atoms with Gasteiger partial charge < -0.3 is 8.97 Å². The lowest BCUT2D eigenvalue weighted by Gasteiger charge is -2.33. The van der Waals surface area contributed by atoms with Gasteiger partial charge in [-0.25, -0.2) is 0 Å². The van der Waals surface area contributed by atoms with E-state index in [2.05, 4.69) is 19.1 Å². The Morgan fingerprint density at radius 2 is 2.00 bits per heavy atom. The molecule has 0 aliphatic heterocycles. The Morgan fingerprint density at radius 3 is 2.65 bits per heavy atom. The molecule has 0 spiro atoms. The lowest BCUT2D eigenvalue weighted by molar-refractivity contribution is 0.373. The van der Waals surface area contributed by atoms with E-state index in [1.165, 1.54) is 5.56 Å². The van der Waals surface area contributed by atoms with Crippen molar-refractivity contribution in [3.8, 4) is 0 Å². The summed E-state index contributed by atoms with van der Waals surface area (Å²) in [6.07, 6.45) is 2.58. The molecule has 0 N–H and O–H groups in total. The van der Waals surface area contributed by atoms with Crippen LogP contribution in [0.4, 0.5) is 0 Å². The molecule has 1 heterocycles. The molecular weight excluding hydrogens is 270 g/mol. The molecule has 2 rings (SSSR count). The van der Waals surface area contributed by atoms with Gasteiger partial charge in [0.05, 0.1) is 12.3 Å². The predicted molar refractivity (Wildman–Crippen MR) is 85.0 cm³/mol. The van der Waals surface area contributed by atoms with E-state index in [9.17, 15) is 4.55 Å². The Morgan fingerprint density at radius 1 is 1.30 bits per heavy atom. The van der Waals surface area contributed by atoms with Gasteiger partial charge in [0, 0.05) is 23.8 Å². The van der Waals surface area contributed by atoms with Crippen LogP contribution in [-0.2, 0) is 17.8 Å². The fourth-order valence-corrected chi connectivity index (χ4v) is 3.47. The summed E-state index contributed by atoms with van der Waals surface area (Å²) in [4.78, 5) is 0. The van der Waals surface area contributed by atoms with Crippen molar-refractivity contribution < 1.29 is 8.97 Å². The largest absolute Gasteiger partial charge is 0.598 e. The molecule has 0 bridgehead atoms. The summed E-state index contributed by atoms with van der Waals surface area (Å²) < 4.78 is 19.5. The van der Waals surface area contributed by atoms with Crippen LogP contribution in [0.3, 0.4) is 0 Å². The van der Waals surface area contributed by atoms with Crippen molar-refractivity contribution in [2.75, 3.05) is 7.05 Å². The van der Waals surface area contributed by atoms with Crippen LogP contribution < -0.4 is 0 Å². The fourth-order valence-electron chi connectivity index (χ4n) is 2.21. The van der Waals surface area contributed by atoms with Gasteiger partial charge in [0.25, 0.3) is 0 Å². The summed E-state index contributed by atoms with van der Waals surface area (Å²) in [6.45, 7) is 8.13. The van der Waals surface area contributed by atoms with Gasteiger partial charge in [-0.05, 0) is 57.9 Å². The first kappa shape index (κ1) is 15.4. The highest BCUT2D eigenvalue weighted by molar-refractivity contribution is 7.90. The average Bonchev–Trinajstić information content (AvgIpc) is 2.83. The Labute approximate surface area is 124 Å². The van der Waals surface area contributed by atoms with Crippen LogP contribution in [0.1, 0.15) is 33.3 Å². The maximum absolute atomic E-state index is 12.4. The zero-order valence-electron chi connectivity index (χ0n) is 12.8. The predicted octanol–water partition coefficient (Wildman–Crippen LogP) is 3.76. The normalized spacial score (nSPS) is 15.8. The number of rotatable bonds is 4. The van der Waals surface area contributed by atoms with E-state index in [0.717, 1.165) is 17.4 Å². The van der Waals surface area contributed by atoms with Crippen molar-refractivity contribution in [1.29, 1.82) is 0 Å². The molecule has 0 aliphatic carbocycles. The number of furan rings is 1. The summed E-state index contributed by atoms with van der Waals surface area (Å²) in [5.74, 6) is 0. The van der Waals surface area contributed by atoms with Crippen LogP contribution in [0, 0.1) is 0 Å². The molecule has 2 unspecified atom stereocenters. The molecule has 1 aromatic carbocycles. The third-order valence-electron chi connectivity index (χ3n) is 3.45. The van der Waals surface area contributed by atoms with Crippen LogP contribution in [0.2, 0.25) is 0 Å². The third-order valence-corrected chi connectivity index (χ3v) is 5.38. The van der Waals surface area contributed by atoms with E-state index in [1.54, 1.807) is 6.26 Å². The SMILES string of the molecule is CC(Cc1ccc2occc2c1)N(C)[S+]([O-])C(C)(C)C. The molecule has 2 atom stereocenters. The number of hydrogen-bond acceptors (Lipinski definition) is 3. The summed E-state index contributed by atoms with van der Waals surface area (Å²) >= 11 is -0.990. The topological polar surface area (TPSA) is 39.4 Å². The molecule has 1 aromatic heterocycles. The zero-order valence-corrected chi connectivity index (χ0v) is 13.7. The molecule has 20 heavy (non-hydrogen) atoms. The van der Waals surface area contributed by atoms with Gasteiger partial charge in [0.1, 0.15) is 10.3 Å². The first-order valence-corrected chi connectivity index (χ1v) is 8.00. The lowest BCUT2D eigenvalue weighted by atomic mass is 10.1. The standard InChI is InChI=1S/C16H23NO2S/c1-12(17(5)20(18)16(2,3)4)10-13-6-7-15-14(11-13)8-9-19-15/h6-9,11-12H,10H2,1-5H3. The summed E-state index contributed by atoms with van der Waals surface area (Å²) in [5, 5.41) is 1.12. The van der Waals surface area contributed by atoms with E-state index in [4.69, 9.17) is 4.42 Å². The molecule has 0 fully saturated rings. The molecule has 110 valence electrons. The molecule has 0 radical (unpaired) electrons. The average molecular weight is 293 g/mol. The molecule has 0 saturated carbocycles. The van der Waals surface area contributed by atoms with Crippen molar-refractivity contribution >= 4 is 22.3 Å². The Balaban J connectivity index is 2.08. The number of likely N-dealkylation sites (N-methyl/N-ethyl adjacent to an activating group) is 1. The first-order chi connectivity index (χ1) is 9.29. The first-order valence-electron chi connectivity index (χ1n) is 6.90. The Kier molecular flexibility index (Phi) is 4.47. The maximum Gasteiger partial charge on any atom is 0.137 e. The minimum Gasteiger partial charge on any atom is -0.598 e. The van der Waals surface area contributed by atoms with Gasteiger partial charge in [0.15, 0.2) is 0 Å². The number of hydrogen-bond donors (Lipinski definition) is 0. The fraction of sp³-hybridized carbons (Fsp3) is 0.500. The van der Waals surface area contributed by atoms with Gasteiger partial charge in [-0.3, -0.25) is 0 Å². The summed E-state index contributed by atoms with van der Waals surface area (Å²) in [7, 11) is 1.93. The summed E-state index contributed by atoms with van der Waals surface area (Å²) in [5.41, 5.74) is 2.15. The van der Waals surface area contributed by atoms with Crippen molar-refractivity contribution in [3.63, 3.8) is 0 Å². The minimum atomic E-state index is -0.990. The Hall–Kier alpha value is -0.970. The van der Waals surface area contributed by atoms with Crippen molar-refractivity contribution in [1.82, 2.24) is 4.31 Å². The van der Waals surface area contributed by atoms with Gasteiger partial charge >= 0.3 is 0 Å². The van der Waals surface area contributed by atoms with Crippen LogP contribution in [0.5, 0.6) is 0 Å². The molecule has 3 nitrogen and oxygen atoms in total. The highest BCUT2D eigenvalue weighted by Crippen LogP contribution is 2.23. The van der Waals surface area contributed by atoms with Gasteiger partial charge in [-0.2, -0.15) is 0 Å². The third kappa shape index (κ3) is 3.37. The molecule has 4 heteroatoms. The zero-order chi connectivity index (χ0) is 14.9. The van der Waals surface area contributed by atoms with E-state index in [0.29, 0.717) is 0 Å². The minimum absolute atomic E-state index is 0.222. The van der Waals surface area contributed by atoms with E-state index >= 15 is 0 Å². The quantitative estimate of drug-likeness (QED) is 0.806. The van der Waals surface area contributed by atoms with E-state index in [-0.39, 0.29) is 10.8 Å². The second-order valence-electron chi connectivity index (χ2n) is 6.25.